The molecule has 2 N–H and O–H groups in total. The van der Waals surface area contributed by atoms with E-state index in [0.29, 0.717) is 17.3 Å². The van der Waals surface area contributed by atoms with Gasteiger partial charge in [0.1, 0.15) is 0 Å². The van der Waals surface area contributed by atoms with Crippen molar-refractivity contribution in [2.24, 2.45) is 0 Å². The van der Waals surface area contributed by atoms with Crippen LogP contribution in [0, 0.1) is 0 Å². The first kappa shape index (κ1) is 17.2. The second kappa shape index (κ2) is 8.44. The first-order valence-electron chi connectivity index (χ1n) is 7.76. The summed E-state index contributed by atoms with van der Waals surface area (Å²) in [4.78, 5) is 14.2. The van der Waals surface area contributed by atoms with Gasteiger partial charge in [0, 0.05) is 36.0 Å². The Morgan fingerprint density at radius 3 is 2.17 bits per heavy atom. The molecular weight excluding hydrogens is 310 g/mol. The molecular formula is C18H22ClN3O. The number of nitrogens with zero attached hydrogens (tertiary/aromatic N) is 1. The smallest absolute Gasteiger partial charge is 0.319 e. The van der Waals surface area contributed by atoms with E-state index in [-0.39, 0.29) is 6.03 Å². The van der Waals surface area contributed by atoms with Crippen molar-refractivity contribution in [3.05, 3.63) is 59.1 Å². The van der Waals surface area contributed by atoms with Gasteiger partial charge >= 0.3 is 6.03 Å². The summed E-state index contributed by atoms with van der Waals surface area (Å²) in [7, 11) is 0. The molecule has 2 rings (SSSR count). The van der Waals surface area contributed by atoms with Gasteiger partial charge in [-0.2, -0.15) is 0 Å². The normalized spacial score (nSPS) is 10.2. The molecule has 0 spiro atoms. The van der Waals surface area contributed by atoms with Crippen LogP contribution in [0.2, 0.25) is 5.02 Å². The summed E-state index contributed by atoms with van der Waals surface area (Å²) in [5.74, 6) is 0. The fourth-order valence-electron chi connectivity index (χ4n) is 2.30. The van der Waals surface area contributed by atoms with Gasteiger partial charge in [-0.05, 0) is 55.8 Å². The van der Waals surface area contributed by atoms with Gasteiger partial charge in [-0.3, -0.25) is 0 Å². The maximum atomic E-state index is 11.9. The summed E-state index contributed by atoms with van der Waals surface area (Å²) in [6.45, 7) is 6.73. The average molecular weight is 332 g/mol. The van der Waals surface area contributed by atoms with Crippen molar-refractivity contribution in [1.82, 2.24) is 5.32 Å². The molecule has 4 nitrogen and oxygen atoms in total. The minimum Gasteiger partial charge on any atom is -0.372 e. The quantitative estimate of drug-likeness (QED) is 0.818. The number of hydrogen-bond acceptors (Lipinski definition) is 2. The number of rotatable bonds is 6. The van der Waals surface area contributed by atoms with Crippen LogP contribution in [0.3, 0.4) is 0 Å². The van der Waals surface area contributed by atoms with E-state index in [9.17, 15) is 4.79 Å². The highest BCUT2D eigenvalue weighted by atomic mass is 35.5. The van der Waals surface area contributed by atoms with Crippen molar-refractivity contribution >= 4 is 29.0 Å². The molecule has 122 valence electrons. The lowest BCUT2D eigenvalue weighted by Crippen LogP contribution is -2.28. The van der Waals surface area contributed by atoms with Crippen molar-refractivity contribution in [2.75, 3.05) is 23.3 Å². The Kier molecular flexibility index (Phi) is 6.29. The third-order valence-corrected chi connectivity index (χ3v) is 3.87. The zero-order valence-electron chi connectivity index (χ0n) is 13.5. The molecule has 0 aliphatic carbocycles. The topological polar surface area (TPSA) is 44.4 Å². The average Bonchev–Trinajstić information content (AvgIpc) is 2.57. The first-order valence-corrected chi connectivity index (χ1v) is 8.14. The molecule has 0 saturated carbocycles. The molecule has 0 bridgehead atoms. The van der Waals surface area contributed by atoms with Crippen LogP contribution in [0.5, 0.6) is 0 Å². The second-order valence-corrected chi connectivity index (χ2v) is 5.59. The van der Waals surface area contributed by atoms with Crippen LogP contribution in [0.1, 0.15) is 19.4 Å². The molecule has 0 radical (unpaired) electrons. The number of carbonyl (C=O) groups excluding carboxylic acids is 1. The molecule has 0 fully saturated rings. The van der Waals surface area contributed by atoms with E-state index in [4.69, 9.17) is 11.6 Å². The van der Waals surface area contributed by atoms with Gasteiger partial charge in [0.25, 0.3) is 0 Å². The van der Waals surface area contributed by atoms with Crippen LogP contribution >= 0.6 is 11.6 Å². The van der Waals surface area contributed by atoms with Crippen molar-refractivity contribution in [3.8, 4) is 0 Å². The summed E-state index contributed by atoms with van der Waals surface area (Å²) < 4.78 is 0. The van der Waals surface area contributed by atoms with Crippen LogP contribution in [0.25, 0.3) is 0 Å². The highest BCUT2D eigenvalue weighted by Crippen LogP contribution is 2.15. The van der Waals surface area contributed by atoms with Gasteiger partial charge < -0.3 is 15.5 Å². The number of benzene rings is 2. The number of carbonyl (C=O) groups is 1. The predicted octanol–water partition coefficient (Wildman–Crippen LogP) is 4.51. The molecule has 0 saturated heterocycles. The Morgan fingerprint density at radius 2 is 1.61 bits per heavy atom. The van der Waals surface area contributed by atoms with Crippen LogP contribution in [-0.2, 0) is 6.54 Å². The van der Waals surface area contributed by atoms with Crippen LogP contribution in [0.15, 0.2) is 48.5 Å². The van der Waals surface area contributed by atoms with E-state index in [1.807, 2.05) is 12.1 Å². The SMILES string of the molecule is CCN(CC)c1ccc(CNC(=O)Nc2ccc(Cl)cc2)cc1. The van der Waals surface area contributed by atoms with E-state index in [2.05, 4.69) is 41.5 Å². The summed E-state index contributed by atoms with van der Waals surface area (Å²) in [5.41, 5.74) is 2.97. The molecule has 0 aliphatic heterocycles. The van der Waals surface area contributed by atoms with Crippen LogP contribution in [0.4, 0.5) is 16.2 Å². The molecule has 0 unspecified atom stereocenters. The van der Waals surface area contributed by atoms with Crippen molar-refractivity contribution < 1.29 is 4.79 Å². The molecule has 5 heteroatoms. The zero-order valence-corrected chi connectivity index (χ0v) is 14.2. The fraction of sp³-hybridized carbons (Fsp3) is 0.278. The van der Waals surface area contributed by atoms with Gasteiger partial charge in [-0.25, -0.2) is 4.79 Å². The lowest BCUT2D eigenvalue weighted by molar-refractivity contribution is 0.251. The molecule has 0 atom stereocenters. The third kappa shape index (κ3) is 5.18. The van der Waals surface area contributed by atoms with Gasteiger partial charge in [-0.15, -0.1) is 0 Å². The highest BCUT2D eigenvalue weighted by Gasteiger charge is 2.04. The number of urea groups is 1. The van der Waals surface area contributed by atoms with Gasteiger partial charge in [0.15, 0.2) is 0 Å². The second-order valence-electron chi connectivity index (χ2n) is 5.15. The van der Waals surface area contributed by atoms with Crippen LogP contribution < -0.4 is 15.5 Å². The van der Waals surface area contributed by atoms with Gasteiger partial charge in [0.05, 0.1) is 0 Å². The molecule has 2 aromatic carbocycles. The Bertz CT molecular complexity index is 622. The minimum absolute atomic E-state index is 0.236. The van der Waals surface area contributed by atoms with E-state index >= 15 is 0 Å². The Hall–Kier alpha value is -2.20. The lowest BCUT2D eigenvalue weighted by atomic mass is 10.2. The van der Waals surface area contributed by atoms with Crippen molar-refractivity contribution in [2.45, 2.75) is 20.4 Å². The first-order chi connectivity index (χ1) is 11.1. The summed E-state index contributed by atoms with van der Waals surface area (Å²) >= 11 is 5.81. The van der Waals surface area contributed by atoms with E-state index in [1.165, 1.54) is 5.69 Å². The third-order valence-electron chi connectivity index (χ3n) is 3.62. The molecule has 0 aromatic heterocycles. The Morgan fingerprint density at radius 1 is 1.00 bits per heavy atom. The molecule has 0 heterocycles. The molecule has 0 aliphatic rings. The predicted molar refractivity (Wildman–Crippen MR) is 97.3 cm³/mol. The van der Waals surface area contributed by atoms with Gasteiger partial charge in [-0.1, -0.05) is 23.7 Å². The summed E-state index contributed by atoms with van der Waals surface area (Å²) in [6, 6.07) is 15.0. The van der Waals surface area contributed by atoms with Crippen molar-refractivity contribution in [1.29, 1.82) is 0 Å². The number of amides is 2. The number of anilines is 2. The van der Waals surface area contributed by atoms with Crippen LogP contribution in [-0.4, -0.2) is 19.1 Å². The monoisotopic (exact) mass is 331 g/mol. The van der Waals surface area contributed by atoms with E-state index < -0.39 is 0 Å². The number of halogens is 1. The highest BCUT2D eigenvalue weighted by molar-refractivity contribution is 6.30. The molecule has 2 aromatic rings. The van der Waals surface area contributed by atoms with E-state index in [0.717, 1.165) is 18.7 Å². The number of hydrogen-bond donors (Lipinski definition) is 2. The Labute approximate surface area is 142 Å². The zero-order chi connectivity index (χ0) is 16.7. The summed E-state index contributed by atoms with van der Waals surface area (Å²) in [5, 5.41) is 6.26. The standard InChI is InChI=1S/C18H22ClN3O/c1-3-22(4-2)17-11-5-14(6-12-17)13-20-18(23)21-16-9-7-15(19)8-10-16/h5-12H,3-4,13H2,1-2H3,(H2,20,21,23). The summed E-state index contributed by atoms with van der Waals surface area (Å²) in [6.07, 6.45) is 0. The largest absolute Gasteiger partial charge is 0.372 e. The van der Waals surface area contributed by atoms with Crippen molar-refractivity contribution in [3.63, 3.8) is 0 Å². The number of nitrogens with one attached hydrogen (secondary N) is 2. The maximum Gasteiger partial charge on any atom is 0.319 e. The fourth-order valence-corrected chi connectivity index (χ4v) is 2.43. The molecule has 23 heavy (non-hydrogen) atoms. The molecule has 2 amide bonds. The lowest BCUT2D eigenvalue weighted by Gasteiger charge is -2.21. The van der Waals surface area contributed by atoms with E-state index in [1.54, 1.807) is 24.3 Å². The minimum atomic E-state index is -0.236. The maximum absolute atomic E-state index is 11.9. The Balaban J connectivity index is 1.85. The van der Waals surface area contributed by atoms with Gasteiger partial charge in [0.2, 0.25) is 0 Å².